The van der Waals surface area contributed by atoms with Crippen molar-refractivity contribution in [2.24, 2.45) is 5.73 Å². The molecule has 8 heteroatoms. The number of anilines is 1. The van der Waals surface area contributed by atoms with E-state index in [-0.39, 0.29) is 11.3 Å². The van der Waals surface area contributed by atoms with Gasteiger partial charge in [-0.2, -0.15) is 4.72 Å². The fourth-order valence-electron chi connectivity index (χ4n) is 3.57. The van der Waals surface area contributed by atoms with E-state index >= 15 is 0 Å². The van der Waals surface area contributed by atoms with Gasteiger partial charge in [0.15, 0.2) is 0 Å². The molecule has 1 atom stereocenters. The van der Waals surface area contributed by atoms with E-state index in [9.17, 15) is 18.0 Å². The van der Waals surface area contributed by atoms with Crippen molar-refractivity contribution < 1.29 is 18.0 Å². The average molecular weight is 474 g/mol. The topological polar surface area (TPSA) is 118 Å². The Labute approximate surface area is 197 Å². The molecule has 2 amide bonds. The van der Waals surface area contributed by atoms with Gasteiger partial charge in [0.2, 0.25) is 21.8 Å². The summed E-state index contributed by atoms with van der Waals surface area (Å²) < 4.78 is 29.0. The van der Waals surface area contributed by atoms with Crippen molar-refractivity contribution in [1.29, 1.82) is 0 Å². The molecule has 7 nitrogen and oxygen atoms in total. The van der Waals surface area contributed by atoms with Gasteiger partial charge in [-0.25, -0.2) is 8.42 Å². The number of benzene rings is 4. The highest BCUT2D eigenvalue weighted by molar-refractivity contribution is 7.89. The highest BCUT2D eigenvalue weighted by Crippen LogP contribution is 2.20. The lowest BCUT2D eigenvalue weighted by Crippen LogP contribution is -2.45. The third-order valence-corrected chi connectivity index (χ3v) is 6.83. The van der Waals surface area contributed by atoms with Crippen molar-refractivity contribution in [3.63, 3.8) is 0 Å². The lowest BCUT2D eigenvalue weighted by Gasteiger charge is -2.19. The van der Waals surface area contributed by atoms with Crippen molar-refractivity contribution in [1.82, 2.24) is 4.72 Å². The van der Waals surface area contributed by atoms with Gasteiger partial charge in [-0.1, -0.05) is 60.7 Å². The van der Waals surface area contributed by atoms with Crippen molar-refractivity contribution in [3.8, 4) is 0 Å². The van der Waals surface area contributed by atoms with Gasteiger partial charge in [-0.05, 0) is 59.2 Å². The number of amides is 2. The molecule has 1 unspecified atom stereocenters. The molecule has 0 aliphatic rings. The number of rotatable bonds is 8. The van der Waals surface area contributed by atoms with Crippen LogP contribution in [0.5, 0.6) is 0 Å². The van der Waals surface area contributed by atoms with Crippen LogP contribution < -0.4 is 15.8 Å². The quantitative estimate of drug-likeness (QED) is 0.363. The molecule has 0 heterocycles. The first-order valence-corrected chi connectivity index (χ1v) is 12.1. The third-order valence-electron chi connectivity index (χ3n) is 5.36. The van der Waals surface area contributed by atoms with Crippen molar-refractivity contribution >= 4 is 38.3 Å². The van der Waals surface area contributed by atoms with Gasteiger partial charge in [0.1, 0.15) is 6.04 Å². The molecule has 4 N–H and O–H groups in total. The summed E-state index contributed by atoms with van der Waals surface area (Å²) in [6.45, 7) is 0. The molecule has 0 fully saturated rings. The first-order valence-electron chi connectivity index (χ1n) is 10.6. The molecule has 0 saturated carbocycles. The first kappa shape index (κ1) is 23.2. The number of primary amides is 1. The Morgan fingerprint density at radius 1 is 0.794 bits per heavy atom. The minimum atomic E-state index is -4.00. The minimum absolute atomic E-state index is 0.0721. The van der Waals surface area contributed by atoms with Gasteiger partial charge in [0.25, 0.3) is 0 Å². The van der Waals surface area contributed by atoms with Crippen LogP contribution in [0.4, 0.5) is 5.69 Å². The predicted octanol–water partition coefficient (Wildman–Crippen LogP) is 3.47. The van der Waals surface area contributed by atoms with Crippen molar-refractivity contribution in [3.05, 3.63) is 108 Å². The van der Waals surface area contributed by atoms with Crippen LogP contribution in [-0.4, -0.2) is 26.3 Å². The summed E-state index contributed by atoms with van der Waals surface area (Å²) in [6, 6.07) is 26.4. The summed E-state index contributed by atoms with van der Waals surface area (Å²) in [5.74, 6) is -1.11. The Hall–Kier alpha value is -4.01. The molecule has 0 aromatic heterocycles. The fraction of sp³-hybridized carbons (Fsp3) is 0.0769. The van der Waals surface area contributed by atoms with E-state index in [4.69, 9.17) is 5.73 Å². The second kappa shape index (κ2) is 9.86. The minimum Gasteiger partial charge on any atom is -0.366 e. The normalized spacial score (nSPS) is 12.2. The number of sulfonamides is 1. The van der Waals surface area contributed by atoms with Crippen LogP contribution in [0.3, 0.4) is 0 Å². The summed E-state index contributed by atoms with van der Waals surface area (Å²) in [5, 5.41) is 4.41. The van der Waals surface area contributed by atoms with Crippen molar-refractivity contribution in [2.45, 2.75) is 17.4 Å². The monoisotopic (exact) mass is 473 g/mol. The molecule has 0 aliphatic carbocycles. The molecular weight excluding hydrogens is 450 g/mol. The maximum atomic E-state index is 13.2. The number of nitrogens with two attached hydrogens (primary N) is 1. The molecule has 0 saturated heterocycles. The predicted molar refractivity (Wildman–Crippen MR) is 132 cm³/mol. The molecular formula is C26H23N3O4S. The van der Waals surface area contributed by atoms with E-state index in [0.717, 1.165) is 16.3 Å². The lowest BCUT2D eigenvalue weighted by atomic mass is 10.1. The van der Waals surface area contributed by atoms with Crippen LogP contribution in [-0.2, 0) is 21.2 Å². The van der Waals surface area contributed by atoms with E-state index in [1.807, 2.05) is 54.6 Å². The highest BCUT2D eigenvalue weighted by Gasteiger charge is 2.26. The SMILES string of the molecule is NC(=O)c1ccc(NC(=O)C(Cc2ccccc2)NS(=O)(=O)c2ccc3ccccc3c2)cc1. The van der Waals surface area contributed by atoms with E-state index in [0.29, 0.717) is 11.3 Å². The van der Waals surface area contributed by atoms with E-state index in [1.54, 1.807) is 12.1 Å². The largest absolute Gasteiger partial charge is 0.366 e. The molecule has 4 aromatic carbocycles. The third kappa shape index (κ3) is 5.48. The van der Waals surface area contributed by atoms with E-state index < -0.39 is 27.9 Å². The Morgan fingerprint density at radius 3 is 2.12 bits per heavy atom. The number of carbonyl (C=O) groups is 2. The summed E-state index contributed by atoms with van der Waals surface area (Å²) in [4.78, 5) is 24.5. The van der Waals surface area contributed by atoms with E-state index in [1.165, 1.54) is 30.3 Å². The molecule has 4 aromatic rings. The number of fused-ring (bicyclic) bond motifs is 1. The Kier molecular flexibility index (Phi) is 6.72. The van der Waals surface area contributed by atoms with Gasteiger partial charge < -0.3 is 11.1 Å². The molecule has 172 valence electrons. The summed E-state index contributed by atoms with van der Waals surface area (Å²) >= 11 is 0. The number of nitrogens with one attached hydrogen (secondary N) is 2. The molecule has 34 heavy (non-hydrogen) atoms. The van der Waals surface area contributed by atoms with Gasteiger partial charge in [-0.15, -0.1) is 0 Å². The first-order chi connectivity index (χ1) is 16.3. The highest BCUT2D eigenvalue weighted by atomic mass is 32.2. The molecule has 4 rings (SSSR count). The Balaban J connectivity index is 1.60. The molecule has 0 bridgehead atoms. The van der Waals surface area contributed by atoms with Gasteiger partial charge in [0.05, 0.1) is 4.90 Å². The van der Waals surface area contributed by atoms with Crippen molar-refractivity contribution in [2.75, 3.05) is 5.32 Å². The number of hydrogen-bond donors (Lipinski definition) is 3. The summed E-state index contributed by atoms with van der Waals surface area (Å²) in [5.41, 5.74) is 6.77. The zero-order valence-electron chi connectivity index (χ0n) is 18.1. The molecule has 0 radical (unpaired) electrons. The summed E-state index contributed by atoms with van der Waals surface area (Å²) in [7, 11) is -4.00. The number of hydrogen-bond acceptors (Lipinski definition) is 4. The molecule has 0 aliphatic heterocycles. The van der Waals surface area contributed by atoms with Crippen LogP contribution in [0.15, 0.2) is 102 Å². The van der Waals surface area contributed by atoms with Gasteiger partial charge in [0, 0.05) is 11.3 Å². The van der Waals surface area contributed by atoms with Crippen LogP contribution >= 0.6 is 0 Å². The van der Waals surface area contributed by atoms with Crippen LogP contribution in [0.25, 0.3) is 10.8 Å². The Bertz CT molecular complexity index is 1440. The second-order valence-electron chi connectivity index (χ2n) is 7.80. The number of carbonyl (C=O) groups excluding carboxylic acids is 2. The smallest absolute Gasteiger partial charge is 0.248 e. The zero-order valence-corrected chi connectivity index (χ0v) is 19.0. The van der Waals surface area contributed by atoms with E-state index in [2.05, 4.69) is 10.0 Å². The maximum Gasteiger partial charge on any atom is 0.248 e. The van der Waals surface area contributed by atoms with Gasteiger partial charge in [-0.3, -0.25) is 9.59 Å². The molecule has 0 spiro atoms. The van der Waals surface area contributed by atoms with Crippen LogP contribution in [0.1, 0.15) is 15.9 Å². The van der Waals surface area contributed by atoms with Crippen LogP contribution in [0, 0.1) is 0 Å². The van der Waals surface area contributed by atoms with Gasteiger partial charge >= 0.3 is 0 Å². The zero-order chi connectivity index (χ0) is 24.1. The second-order valence-corrected chi connectivity index (χ2v) is 9.52. The van der Waals surface area contributed by atoms with Crippen LogP contribution in [0.2, 0.25) is 0 Å². The maximum absolute atomic E-state index is 13.2. The average Bonchev–Trinajstić information content (AvgIpc) is 2.84. The fourth-order valence-corrected chi connectivity index (χ4v) is 4.81. The summed E-state index contributed by atoms with van der Waals surface area (Å²) in [6.07, 6.45) is 0.152. The Morgan fingerprint density at radius 2 is 1.44 bits per heavy atom. The lowest BCUT2D eigenvalue weighted by molar-refractivity contribution is -0.117. The standard InChI is InChI=1S/C26H23N3O4S/c27-25(30)20-10-13-22(14-11-20)28-26(31)24(16-18-6-2-1-3-7-18)29-34(32,33)23-15-12-19-8-4-5-9-21(19)17-23/h1-15,17,24,29H,16H2,(H2,27,30)(H,28,31).